The van der Waals surface area contributed by atoms with Gasteiger partial charge in [0.1, 0.15) is 11.9 Å². The van der Waals surface area contributed by atoms with Crippen LogP contribution in [0.5, 0.6) is 0 Å². The number of likely N-dealkylation sites (tertiary alicyclic amines) is 1. The summed E-state index contributed by atoms with van der Waals surface area (Å²) in [6.45, 7) is 3.73. The molecule has 1 aliphatic rings. The highest BCUT2D eigenvalue weighted by atomic mass is 16.3. The standard InChI is InChI=1S/C16H24N4O2/c1-4-7-18-16(22)12(2)20-9-5-13(6-10-20)14(21)15-17-8-11-19(15)3/h1,8,11-14,21H,5-7,9-10H2,2-3H3,(H,18,22). The van der Waals surface area contributed by atoms with E-state index in [4.69, 9.17) is 6.42 Å². The largest absolute Gasteiger partial charge is 0.385 e. The van der Waals surface area contributed by atoms with E-state index in [9.17, 15) is 9.90 Å². The lowest BCUT2D eigenvalue weighted by atomic mass is 9.90. The Morgan fingerprint density at radius 2 is 2.27 bits per heavy atom. The Hall–Kier alpha value is -1.84. The maximum absolute atomic E-state index is 11.9. The second kappa shape index (κ2) is 7.43. The van der Waals surface area contributed by atoms with Gasteiger partial charge in [0.25, 0.3) is 0 Å². The van der Waals surface area contributed by atoms with Crippen molar-refractivity contribution in [2.24, 2.45) is 13.0 Å². The van der Waals surface area contributed by atoms with Gasteiger partial charge in [0, 0.05) is 19.4 Å². The lowest BCUT2D eigenvalue weighted by Gasteiger charge is -2.36. The second-order valence-electron chi connectivity index (χ2n) is 5.81. The van der Waals surface area contributed by atoms with E-state index in [0.717, 1.165) is 25.9 Å². The van der Waals surface area contributed by atoms with E-state index in [0.29, 0.717) is 5.82 Å². The van der Waals surface area contributed by atoms with E-state index >= 15 is 0 Å². The van der Waals surface area contributed by atoms with Crippen LogP contribution < -0.4 is 5.32 Å². The van der Waals surface area contributed by atoms with Crippen molar-refractivity contribution in [3.63, 3.8) is 0 Å². The smallest absolute Gasteiger partial charge is 0.237 e. The van der Waals surface area contributed by atoms with Gasteiger partial charge in [-0.3, -0.25) is 9.69 Å². The predicted octanol–water partition coefficient (Wildman–Crippen LogP) is 0.303. The minimum Gasteiger partial charge on any atom is -0.385 e. The number of carbonyl (C=O) groups excluding carboxylic acids is 1. The van der Waals surface area contributed by atoms with Crippen molar-refractivity contribution in [2.75, 3.05) is 19.6 Å². The minimum absolute atomic E-state index is 0.0407. The Morgan fingerprint density at radius 1 is 1.59 bits per heavy atom. The van der Waals surface area contributed by atoms with Gasteiger partial charge < -0.3 is 15.0 Å². The molecule has 2 rings (SSSR count). The third-order valence-electron chi connectivity index (χ3n) is 4.44. The first-order valence-electron chi connectivity index (χ1n) is 7.65. The lowest BCUT2D eigenvalue weighted by molar-refractivity contribution is -0.126. The van der Waals surface area contributed by atoms with Gasteiger partial charge in [-0.25, -0.2) is 4.98 Å². The number of hydrogen-bond acceptors (Lipinski definition) is 4. The first kappa shape index (κ1) is 16.5. The number of imidazole rings is 1. The number of terminal acetylenes is 1. The lowest BCUT2D eigenvalue weighted by Crippen LogP contribution is -2.48. The molecule has 2 heterocycles. The molecule has 0 saturated carbocycles. The molecular formula is C16H24N4O2. The summed E-state index contributed by atoms with van der Waals surface area (Å²) in [7, 11) is 1.89. The quantitative estimate of drug-likeness (QED) is 0.768. The van der Waals surface area contributed by atoms with E-state index in [-0.39, 0.29) is 24.4 Å². The zero-order valence-electron chi connectivity index (χ0n) is 13.2. The highest BCUT2D eigenvalue weighted by Crippen LogP contribution is 2.30. The first-order valence-corrected chi connectivity index (χ1v) is 7.65. The molecule has 0 aliphatic carbocycles. The summed E-state index contributed by atoms with van der Waals surface area (Å²) in [6.07, 6.45) is 9.84. The molecule has 1 fully saturated rings. The third kappa shape index (κ3) is 3.67. The highest BCUT2D eigenvalue weighted by Gasteiger charge is 2.31. The highest BCUT2D eigenvalue weighted by molar-refractivity contribution is 5.81. The fourth-order valence-corrected chi connectivity index (χ4v) is 2.95. The van der Waals surface area contributed by atoms with E-state index in [1.807, 2.05) is 24.7 Å². The van der Waals surface area contributed by atoms with Crippen molar-refractivity contribution in [3.8, 4) is 12.3 Å². The first-order chi connectivity index (χ1) is 10.5. The van der Waals surface area contributed by atoms with E-state index in [1.165, 1.54) is 0 Å². The van der Waals surface area contributed by atoms with Crippen LogP contribution in [0.2, 0.25) is 0 Å². The number of aromatic nitrogens is 2. The number of aliphatic hydroxyl groups is 1. The molecule has 0 spiro atoms. The van der Waals surface area contributed by atoms with Gasteiger partial charge in [-0.05, 0) is 38.8 Å². The SMILES string of the molecule is C#CCNC(=O)C(C)N1CCC(C(O)c2nccn2C)CC1. The van der Waals surface area contributed by atoms with E-state index in [1.54, 1.807) is 6.20 Å². The molecule has 2 unspecified atom stereocenters. The Bertz CT molecular complexity index is 541. The van der Waals surface area contributed by atoms with Crippen molar-refractivity contribution in [3.05, 3.63) is 18.2 Å². The molecule has 1 amide bonds. The molecule has 6 heteroatoms. The fourth-order valence-electron chi connectivity index (χ4n) is 2.95. The normalized spacial score (nSPS) is 19.4. The predicted molar refractivity (Wildman–Crippen MR) is 83.8 cm³/mol. The van der Waals surface area contributed by atoms with Crippen LogP contribution in [0, 0.1) is 18.3 Å². The van der Waals surface area contributed by atoms with Crippen molar-refractivity contribution < 1.29 is 9.90 Å². The number of hydrogen-bond donors (Lipinski definition) is 2. The van der Waals surface area contributed by atoms with Crippen LogP contribution in [0.4, 0.5) is 0 Å². The van der Waals surface area contributed by atoms with Gasteiger partial charge in [-0.15, -0.1) is 6.42 Å². The number of piperidine rings is 1. The number of nitrogens with zero attached hydrogens (tertiary/aromatic N) is 3. The van der Waals surface area contributed by atoms with Gasteiger partial charge in [0.15, 0.2) is 0 Å². The molecule has 120 valence electrons. The van der Waals surface area contributed by atoms with Gasteiger partial charge in [-0.1, -0.05) is 5.92 Å². The number of carbonyl (C=O) groups is 1. The van der Waals surface area contributed by atoms with Crippen molar-refractivity contribution >= 4 is 5.91 Å². The van der Waals surface area contributed by atoms with Crippen molar-refractivity contribution in [2.45, 2.75) is 31.9 Å². The molecule has 22 heavy (non-hydrogen) atoms. The third-order valence-corrected chi connectivity index (χ3v) is 4.44. The van der Waals surface area contributed by atoms with Crippen LogP contribution in [0.15, 0.2) is 12.4 Å². The Balaban J connectivity index is 1.86. The van der Waals surface area contributed by atoms with E-state index < -0.39 is 6.10 Å². The summed E-state index contributed by atoms with van der Waals surface area (Å²) in [5.41, 5.74) is 0. The number of aryl methyl sites for hydroxylation is 1. The van der Waals surface area contributed by atoms with Crippen LogP contribution in [-0.2, 0) is 11.8 Å². The number of rotatable bonds is 5. The molecule has 0 radical (unpaired) electrons. The summed E-state index contributed by atoms with van der Waals surface area (Å²) in [5, 5.41) is 13.2. The average Bonchev–Trinajstić information content (AvgIpc) is 2.97. The van der Waals surface area contributed by atoms with Crippen LogP contribution in [0.1, 0.15) is 31.7 Å². The monoisotopic (exact) mass is 304 g/mol. The zero-order valence-corrected chi connectivity index (χ0v) is 13.2. The maximum atomic E-state index is 11.9. The topological polar surface area (TPSA) is 70.4 Å². The van der Waals surface area contributed by atoms with Crippen LogP contribution in [0.25, 0.3) is 0 Å². The van der Waals surface area contributed by atoms with Crippen LogP contribution in [-0.4, -0.2) is 51.1 Å². The van der Waals surface area contributed by atoms with Crippen molar-refractivity contribution in [1.82, 2.24) is 19.8 Å². The minimum atomic E-state index is -0.548. The van der Waals surface area contributed by atoms with Crippen LogP contribution in [0.3, 0.4) is 0 Å². The number of nitrogens with one attached hydrogen (secondary N) is 1. The van der Waals surface area contributed by atoms with Crippen LogP contribution >= 0.6 is 0 Å². The Morgan fingerprint density at radius 3 is 2.82 bits per heavy atom. The fraction of sp³-hybridized carbons (Fsp3) is 0.625. The van der Waals surface area contributed by atoms with Gasteiger partial charge in [-0.2, -0.15) is 0 Å². The molecule has 1 saturated heterocycles. The Kier molecular flexibility index (Phi) is 5.58. The summed E-state index contributed by atoms with van der Waals surface area (Å²) in [5.74, 6) is 3.25. The van der Waals surface area contributed by atoms with Crippen molar-refractivity contribution in [1.29, 1.82) is 0 Å². The summed E-state index contributed by atoms with van der Waals surface area (Å²) in [4.78, 5) is 18.3. The number of aliphatic hydroxyl groups excluding tert-OH is 1. The molecule has 1 aromatic rings. The molecule has 2 atom stereocenters. The summed E-state index contributed by atoms with van der Waals surface area (Å²) < 4.78 is 1.85. The van der Waals surface area contributed by atoms with E-state index in [2.05, 4.69) is 21.1 Å². The summed E-state index contributed by atoms with van der Waals surface area (Å²) >= 11 is 0. The number of amides is 1. The molecule has 0 bridgehead atoms. The molecule has 1 aromatic heterocycles. The molecule has 0 aromatic carbocycles. The molecule has 1 aliphatic heterocycles. The second-order valence-corrected chi connectivity index (χ2v) is 5.81. The maximum Gasteiger partial charge on any atom is 0.237 e. The summed E-state index contributed by atoms with van der Waals surface area (Å²) in [6, 6.07) is -0.195. The van der Waals surface area contributed by atoms with Gasteiger partial charge in [0.2, 0.25) is 5.91 Å². The van der Waals surface area contributed by atoms with Gasteiger partial charge in [0.05, 0.1) is 12.6 Å². The Labute approximate surface area is 131 Å². The average molecular weight is 304 g/mol. The van der Waals surface area contributed by atoms with Gasteiger partial charge >= 0.3 is 0 Å². The molecule has 2 N–H and O–H groups in total. The molecular weight excluding hydrogens is 280 g/mol. The zero-order chi connectivity index (χ0) is 16.1. The molecule has 6 nitrogen and oxygen atoms in total.